The second kappa shape index (κ2) is 6.88. The molecule has 1 aromatic heterocycles. The van der Waals surface area contributed by atoms with Crippen molar-refractivity contribution in [1.29, 1.82) is 0 Å². The van der Waals surface area contributed by atoms with Gasteiger partial charge in [0, 0.05) is 49.7 Å². The molecular weight excluding hydrogens is 300 g/mol. The third kappa shape index (κ3) is 3.63. The van der Waals surface area contributed by atoms with Crippen LogP contribution in [0.15, 0.2) is 47.1 Å². The molecule has 0 bridgehead atoms. The Morgan fingerprint density at radius 1 is 1.14 bits per heavy atom. The van der Waals surface area contributed by atoms with Crippen LogP contribution < -0.4 is 4.90 Å². The number of carbonyl (C=O) groups excluding carboxylic acids is 1. The van der Waals surface area contributed by atoms with Gasteiger partial charge in [0.05, 0.1) is 6.26 Å². The number of rotatable bonds is 4. The van der Waals surface area contributed by atoms with E-state index in [4.69, 9.17) is 16.0 Å². The summed E-state index contributed by atoms with van der Waals surface area (Å²) < 4.78 is 5.27. The molecule has 0 spiro atoms. The molecule has 1 amide bonds. The Kier molecular flexibility index (Phi) is 4.68. The monoisotopic (exact) mass is 318 g/mol. The van der Waals surface area contributed by atoms with Crippen LogP contribution in [0.2, 0.25) is 5.02 Å². The number of piperazine rings is 1. The van der Waals surface area contributed by atoms with E-state index in [0.29, 0.717) is 12.8 Å². The Bertz CT molecular complexity index is 619. The van der Waals surface area contributed by atoms with Crippen molar-refractivity contribution < 1.29 is 9.21 Å². The maximum atomic E-state index is 12.2. The van der Waals surface area contributed by atoms with Crippen molar-refractivity contribution in [3.63, 3.8) is 0 Å². The molecule has 22 heavy (non-hydrogen) atoms. The van der Waals surface area contributed by atoms with Gasteiger partial charge in [0.15, 0.2) is 0 Å². The van der Waals surface area contributed by atoms with E-state index in [1.54, 1.807) is 6.26 Å². The molecule has 2 aromatic rings. The Balaban J connectivity index is 1.49. The molecule has 5 heteroatoms. The number of halogens is 1. The van der Waals surface area contributed by atoms with Gasteiger partial charge in [-0.05, 0) is 30.3 Å². The van der Waals surface area contributed by atoms with Crippen molar-refractivity contribution in [2.45, 2.75) is 12.8 Å². The van der Waals surface area contributed by atoms with Crippen molar-refractivity contribution in [2.24, 2.45) is 0 Å². The molecule has 4 nitrogen and oxygen atoms in total. The first-order chi connectivity index (χ1) is 10.7. The molecule has 1 saturated heterocycles. The fourth-order valence-corrected chi connectivity index (χ4v) is 2.91. The lowest BCUT2D eigenvalue weighted by Crippen LogP contribution is -2.48. The molecule has 1 fully saturated rings. The van der Waals surface area contributed by atoms with Gasteiger partial charge >= 0.3 is 0 Å². The molecule has 0 atom stereocenters. The van der Waals surface area contributed by atoms with Crippen molar-refractivity contribution in [3.8, 4) is 0 Å². The summed E-state index contributed by atoms with van der Waals surface area (Å²) >= 11 is 6.03. The number of hydrogen-bond acceptors (Lipinski definition) is 3. The normalized spacial score (nSPS) is 15.1. The van der Waals surface area contributed by atoms with E-state index < -0.39 is 0 Å². The third-order valence-electron chi connectivity index (χ3n) is 3.97. The number of carbonyl (C=O) groups is 1. The Morgan fingerprint density at radius 2 is 1.95 bits per heavy atom. The van der Waals surface area contributed by atoms with E-state index in [1.807, 2.05) is 35.2 Å². The minimum absolute atomic E-state index is 0.196. The summed E-state index contributed by atoms with van der Waals surface area (Å²) in [7, 11) is 0. The summed E-state index contributed by atoms with van der Waals surface area (Å²) in [4.78, 5) is 16.4. The topological polar surface area (TPSA) is 36.7 Å². The highest BCUT2D eigenvalue weighted by molar-refractivity contribution is 6.30. The number of benzene rings is 1. The van der Waals surface area contributed by atoms with Crippen LogP contribution in [0.3, 0.4) is 0 Å². The van der Waals surface area contributed by atoms with Crippen LogP contribution in [0.25, 0.3) is 0 Å². The largest absolute Gasteiger partial charge is 0.469 e. The summed E-state index contributed by atoms with van der Waals surface area (Å²) in [5, 5.41) is 0.745. The van der Waals surface area contributed by atoms with Gasteiger partial charge in [-0.3, -0.25) is 4.79 Å². The van der Waals surface area contributed by atoms with Crippen LogP contribution in [0.1, 0.15) is 12.2 Å². The van der Waals surface area contributed by atoms with Crippen molar-refractivity contribution in [1.82, 2.24) is 4.90 Å². The smallest absolute Gasteiger partial charge is 0.223 e. The van der Waals surface area contributed by atoms with Crippen molar-refractivity contribution in [3.05, 3.63) is 53.4 Å². The number of nitrogens with zero attached hydrogens (tertiary/aromatic N) is 2. The first kappa shape index (κ1) is 15.0. The first-order valence-electron chi connectivity index (χ1n) is 7.53. The number of anilines is 1. The highest BCUT2D eigenvalue weighted by atomic mass is 35.5. The van der Waals surface area contributed by atoms with E-state index in [-0.39, 0.29) is 5.91 Å². The molecule has 1 aliphatic rings. The number of aryl methyl sites for hydroxylation is 1. The zero-order valence-electron chi connectivity index (χ0n) is 12.4. The molecule has 0 aliphatic carbocycles. The lowest BCUT2D eigenvalue weighted by Gasteiger charge is -2.36. The van der Waals surface area contributed by atoms with E-state index in [0.717, 1.165) is 42.6 Å². The van der Waals surface area contributed by atoms with E-state index in [2.05, 4.69) is 11.0 Å². The minimum atomic E-state index is 0.196. The van der Waals surface area contributed by atoms with Gasteiger partial charge in [-0.1, -0.05) is 17.7 Å². The standard InChI is InChI=1S/C17H19ClN2O2/c18-14-3-1-4-15(13-14)19-8-10-20(11-9-19)17(21)7-6-16-5-2-12-22-16/h1-5,12-13H,6-11H2. The van der Waals surface area contributed by atoms with Crippen LogP contribution in [0, 0.1) is 0 Å². The Labute approximate surface area is 135 Å². The van der Waals surface area contributed by atoms with Gasteiger partial charge in [0.1, 0.15) is 5.76 Å². The molecule has 0 N–H and O–H groups in total. The fourth-order valence-electron chi connectivity index (χ4n) is 2.73. The minimum Gasteiger partial charge on any atom is -0.469 e. The van der Waals surface area contributed by atoms with Crippen LogP contribution in [-0.2, 0) is 11.2 Å². The predicted octanol–water partition coefficient (Wildman–Crippen LogP) is 3.21. The van der Waals surface area contributed by atoms with Crippen LogP contribution in [0.4, 0.5) is 5.69 Å². The molecule has 3 rings (SSSR count). The second-order valence-corrected chi connectivity index (χ2v) is 5.86. The molecule has 116 valence electrons. The Hall–Kier alpha value is -1.94. The SMILES string of the molecule is O=C(CCc1ccco1)N1CCN(c2cccc(Cl)c2)CC1. The molecule has 1 aromatic carbocycles. The van der Waals surface area contributed by atoms with Crippen LogP contribution >= 0.6 is 11.6 Å². The fraction of sp³-hybridized carbons (Fsp3) is 0.353. The van der Waals surface area contributed by atoms with Gasteiger partial charge in [-0.25, -0.2) is 0 Å². The molecule has 0 unspecified atom stereocenters. The Morgan fingerprint density at radius 3 is 2.64 bits per heavy atom. The molecule has 0 saturated carbocycles. The summed E-state index contributed by atoms with van der Waals surface area (Å²) in [6.07, 6.45) is 2.81. The van der Waals surface area contributed by atoms with Gasteiger partial charge in [-0.2, -0.15) is 0 Å². The molecule has 1 aliphatic heterocycles. The van der Waals surface area contributed by atoms with Gasteiger partial charge in [-0.15, -0.1) is 0 Å². The van der Waals surface area contributed by atoms with Crippen LogP contribution in [0.5, 0.6) is 0 Å². The predicted molar refractivity (Wildman–Crippen MR) is 87.3 cm³/mol. The lowest BCUT2D eigenvalue weighted by atomic mass is 10.2. The van der Waals surface area contributed by atoms with Crippen LogP contribution in [-0.4, -0.2) is 37.0 Å². The summed E-state index contributed by atoms with van der Waals surface area (Å²) in [5.41, 5.74) is 1.12. The van der Waals surface area contributed by atoms with E-state index in [9.17, 15) is 4.79 Å². The van der Waals surface area contributed by atoms with E-state index in [1.165, 1.54) is 0 Å². The zero-order valence-corrected chi connectivity index (χ0v) is 13.1. The average Bonchev–Trinajstić information content (AvgIpc) is 3.06. The summed E-state index contributed by atoms with van der Waals surface area (Å²) in [5.74, 6) is 1.06. The highest BCUT2D eigenvalue weighted by Crippen LogP contribution is 2.21. The van der Waals surface area contributed by atoms with Crippen molar-refractivity contribution >= 4 is 23.2 Å². The van der Waals surface area contributed by atoms with Gasteiger partial charge in [0.25, 0.3) is 0 Å². The van der Waals surface area contributed by atoms with E-state index >= 15 is 0 Å². The first-order valence-corrected chi connectivity index (χ1v) is 7.91. The average molecular weight is 319 g/mol. The van der Waals surface area contributed by atoms with Gasteiger partial charge in [0.2, 0.25) is 5.91 Å². The molecular formula is C17H19ClN2O2. The number of hydrogen-bond donors (Lipinski definition) is 0. The second-order valence-electron chi connectivity index (χ2n) is 5.43. The third-order valence-corrected chi connectivity index (χ3v) is 4.21. The maximum Gasteiger partial charge on any atom is 0.223 e. The molecule has 0 radical (unpaired) electrons. The maximum absolute atomic E-state index is 12.2. The number of furan rings is 1. The van der Waals surface area contributed by atoms with Crippen molar-refractivity contribution in [2.75, 3.05) is 31.1 Å². The van der Waals surface area contributed by atoms with Gasteiger partial charge < -0.3 is 14.2 Å². The summed E-state index contributed by atoms with van der Waals surface area (Å²) in [6.45, 7) is 3.19. The molecule has 2 heterocycles. The highest BCUT2D eigenvalue weighted by Gasteiger charge is 2.21. The quantitative estimate of drug-likeness (QED) is 0.868. The number of amides is 1. The lowest BCUT2D eigenvalue weighted by molar-refractivity contribution is -0.131. The zero-order chi connectivity index (χ0) is 15.4. The summed E-state index contributed by atoms with van der Waals surface area (Å²) in [6, 6.07) is 11.6.